The zero-order chi connectivity index (χ0) is 12.4. The molecule has 17 heavy (non-hydrogen) atoms. The molecule has 0 fully saturated rings. The van der Waals surface area contributed by atoms with Crippen molar-refractivity contribution in [2.45, 2.75) is 0 Å². The van der Waals surface area contributed by atoms with Gasteiger partial charge < -0.3 is 16.2 Å². The van der Waals surface area contributed by atoms with Crippen LogP contribution in [0.5, 0.6) is 5.75 Å². The summed E-state index contributed by atoms with van der Waals surface area (Å²) in [4.78, 5) is 0. The van der Waals surface area contributed by atoms with E-state index in [1.165, 1.54) is 0 Å². The van der Waals surface area contributed by atoms with Gasteiger partial charge in [-0.15, -0.1) is 0 Å². The van der Waals surface area contributed by atoms with Crippen molar-refractivity contribution in [1.29, 1.82) is 0 Å². The fourth-order valence-corrected chi connectivity index (χ4v) is 1.51. The van der Waals surface area contributed by atoms with E-state index in [-0.39, 0.29) is 5.75 Å². The SMILES string of the molecule is C=c1cc(Nc2ccc(N)cc2)c(=C)cc1O. The molecule has 0 bridgehead atoms. The maximum Gasteiger partial charge on any atom is 0.122 e. The fraction of sp³-hybridized carbons (Fsp3) is 0. The van der Waals surface area contributed by atoms with Crippen molar-refractivity contribution in [3.8, 4) is 5.75 Å². The molecule has 0 aliphatic rings. The van der Waals surface area contributed by atoms with E-state index in [9.17, 15) is 5.11 Å². The highest BCUT2D eigenvalue weighted by atomic mass is 16.3. The molecule has 2 rings (SSSR count). The van der Waals surface area contributed by atoms with Crippen molar-refractivity contribution in [2.75, 3.05) is 11.1 Å². The molecule has 0 aromatic heterocycles. The van der Waals surface area contributed by atoms with Crippen LogP contribution in [0.4, 0.5) is 17.1 Å². The van der Waals surface area contributed by atoms with Crippen molar-refractivity contribution < 1.29 is 5.11 Å². The van der Waals surface area contributed by atoms with Crippen LogP contribution in [-0.4, -0.2) is 5.11 Å². The first-order chi connectivity index (χ1) is 8.06. The van der Waals surface area contributed by atoms with Crippen LogP contribution in [0.25, 0.3) is 13.2 Å². The molecule has 0 heterocycles. The van der Waals surface area contributed by atoms with Crippen LogP contribution in [-0.2, 0) is 0 Å². The predicted octanol–water partition coefficient (Wildman–Crippen LogP) is 1.54. The first-order valence-electron chi connectivity index (χ1n) is 5.20. The maximum absolute atomic E-state index is 9.48. The topological polar surface area (TPSA) is 58.3 Å². The Hall–Kier alpha value is -2.42. The smallest absolute Gasteiger partial charge is 0.122 e. The van der Waals surface area contributed by atoms with E-state index in [1.807, 2.05) is 24.3 Å². The van der Waals surface area contributed by atoms with Crippen LogP contribution in [0, 0.1) is 0 Å². The lowest BCUT2D eigenvalue weighted by Crippen LogP contribution is -2.12. The van der Waals surface area contributed by atoms with Gasteiger partial charge in [0.25, 0.3) is 0 Å². The van der Waals surface area contributed by atoms with Gasteiger partial charge in [0.1, 0.15) is 5.75 Å². The molecule has 0 saturated carbocycles. The molecular weight excluding hydrogens is 212 g/mol. The molecule has 0 aliphatic carbocycles. The predicted molar refractivity (Wildman–Crippen MR) is 72.5 cm³/mol. The van der Waals surface area contributed by atoms with Gasteiger partial charge in [0.05, 0.1) is 0 Å². The Morgan fingerprint density at radius 3 is 2.29 bits per heavy atom. The largest absolute Gasteiger partial charge is 0.507 e. The highest BCUT2D eigenvalue weighted by Gasteiger charge is 1.98. The van der Waals surface area contributed by atoms with E-state index >= 15 is 0 Å². The van der Waals surface area contributed by atoms with Gasteiger partial charge in [0.15, 0.2) is 0 Å². The minimum atomic E-state index is 0.151. The molecule has 0 amide bonds. The van der Waals surface area contributed by atoms with E-state index in [2.05, 4.69) is 18.5 Å². The number of benzene rings is 2. The first kappa shape index (κ1) is 11.1. The zero-order valence-electron chi connectivity index (χ0n) is 9.40. The van der Waals surface area contributed by atoms with Gasteiger partial charge in [-0.25, -0.2) is 0 Å². The van der Waals surface area contributed by atoms with Crippen LogP contribution in [0.2, 0.25) is 0 Å². The summed E-state index contributed by atoms with van der Waals surface area (Å²) in [6.45, 7) is 7.60. The van der Waals surface area contributed by atoms with Crippen molar-refractivity contribution in [3.63, 3.8) is 0 Å². The lowest BCUT2D eigenvalue weighted by molar-refractivity contribution is 0.471. The lowest BCUT2D eigenvalue weighted by Gasteiger charge is -2.08. The molecule has 86 valence electrons. The number of nitrogens with two attached hydrogens (primary N) is 1. The van der Waals surface area contributed by atoms with Gasteiger partial charge >= 0.3 is 0 Å². The first-order valence-corrected chi connectivity index (χ1v) is 5.20. The van der Waals surface area contributed by atoms with Gasteiger partial charge in [0.2, 0.25) is 0 Å². The summed E-state index contributed by atoms with van der Waals surface area (Å²) in [5, 5.41) is 14.0. The second-order valence-electron chi connectivity index (χ2n) is 3.89. The highest BCUT2D eigenvalue weighted by molar-refractivity contribution is 5.63. The molecule has 0 unspecified atom stereocenters. The number of anilines is 3. The number of nitrogen functional groups attached to an aromatic ring is 1. The van der Waals surface area contributed by atoms with Crippen LogP contribution >= 0.6 is 0 Å². The molecule has 4 N–H and O–H groups in total. The quantitative estimate of drug-likeness (QED) is 0.537. The average Bonchev–Trinajstić information content (AvgIpc) is 2.29. The minimum Gasteiger partial charge on any atom is -0.507 e. The second-order valence-corrected chi connectivity index (χ2v) is 3.89. The fourth-order valence-electron chi connectivity index (χ4n) is 1.51. The van der Waals surface area contributed by atoms with E-state index < -0.39 is 0 Å². The van der Waals surface area contributed by atoms with Gasteiger partial charge in [-0.05, 0) is 41.6 Å². The molecule has 0 aliphatic heterocycles. The highest BCUT2D eigenvalue weighted by Crippen LogP contribution is 2.14. The zero-order valence-corrected chi connectivity index (χ0v) is 9.40. The van der Waals surface area contributed by atoms with Crippen LogP contribution in [0.15, 0.2) is 36.4 Å². The van der Waals surface area contributed by atoms with Crippen LogP contribution in [0.1, 0.15) is 0 Å². The number of hydrogen-bond acceptors (Lipinski definition) is 3. The van der Waals surface area contributed by atoms with E-state index in [1.54, 1.807) is 12.1 Å². The van der Waals surface area contributed by atoms with Gasteiger partial charge in [-0.3, -0.25) is 0 Å². The van der Waals surface area contributed by atoms with Crippen molar-refractivity contribution in [1.82, 2.24) is 0 Å². The molecule has 2 aromatic carbocycles. The van der Waals surface area contributed by atoms with Crippen molar-refractivity contribution in [3.05, 3.63) is 46.8 Å². The van der Waals surface area contributed by atoms with Gasteiger partial charge in [0, 0.05) is 22.3 Å². The van der Waals surface area contributed by atoms with Crippen molar-refractivity contribution >= 4 is 30.2 Å². The summed E-state index contributed by atoms with van der Waals surface area (Å²) in [5.41, 5.74) is 8.06. The summed E-state index contributed by atoms with van der Waals surface area (Å²) in [5.74, 6) is 0.151. The molecule has 3 nitrogen and oxygen atoms in total. The number of aromatic hydroxyl groups is 1. The Balaban J connectivity index is 2.36. The van der Waals surface area contributed by atoms with E-state index in [0.29, 0.717) is 16.1 Å². The number of rotatable bonds is 2. The van der Waals surface area contributed by atoms with Crippen LogP contribution in [0.3, 0.4) is 0 Å². The van der Waals surface area contributed by atoms with E-state index in [0.717, 1.165) is 11.4 Å². The Morgan fingerprint density at radius 1 is 1.00 bits per heavy atom. The lowest BCUT2D eigenvalue weighted by atomic mass is 10.2. The third kappa shape index (κ3) is 2.39. The van der Waals surface area contributed by atoms with Gasteiger partial charge in [-0.2, -0.15) is 0 Å². The normalized spacial score (nSPS) is 10.1. The molecule has 0 atom stereocenters. The Kier molecular flexibility index (Phi) is 2.75. The van der Waals surface area contributed by atoms with Crippen LogP contribution < -0.4 is 21.5 Å². The minimum absolute atomic E-state index is 0.151. The summed E-state index contributed by atoms with van der Waals surface area (Å²) >= 11 is 0. The Morgan fingerprint density at radius 2 is 1.65 bits per heavy atom. The van der Waals surface area contributed by atoms with Crippen molar-refractivity contribution in [2.24, 2.45) is 0 Å². The Bertz CT molecular complexity index is 633. The number of phenols is 1. The monoisotopic (exact) mass is 226 g/mol. The summed E-state index contributed by atoms with van der Waals surface area (Å²) < 4.78 is 0. The van der Waals surface area contributed by atoms with Gasteiger partial charge in [-0.1, -0.05) is 13.2 Å². The molecule has 0 saturated heterocycles. The molecule has 0 spiro atoms. The molecule has 0 radical (unpaired) electrons. The third-order valence-corrected chi connectivity index (χ3v) is 2.49. The average molecular weight is 226 g/mol. The molecule has 2 aromatic rings. The number of hydrogen-bond donors (Lipinski definition) is 3. The Labute approximate surface area is 99.5 Å². The summed E-state index contributed by atoms with van der Waals surface area (Å²) in [6, 6.07) is 10.7. The number of nitrogens with one attached hydrogen (secondary N) is 1. The summed E-state index contributed by atoms with van der Waals surface area (Å²) in [6.07, 6.45) is 0. The standard InChI is InChI=1S/C14H14N2O/c1-9-8-14(17)10(2)7-13(9)16-12-5-3-11(15)4-6-12/h3-8,16-17H,1-2,15H2. The maximum atomic E-state index is 9.48. The summed E-state index contributed by atoms with van der Waals surface area (Å²) in [7, 11) is 0. The molecular formula is C14H14N2O. The number of phenolic OH excluding ortho intramolecular Hbond substituents is 1. The van der Waals surface area contributed by atoms with E-state index in [4.69, 9.17) is 5.73 Å². The second kappa shape index (κ2) is 4.22. The molecule has 3 heteroatoms. The third-order valence-electron chi connectivity index (χ3n) is 2.49.